The van der Waals surface area contributed by atoms with Crippen LogP contribution in [-0.2, 0) is 9.47 Å². The SMILES string of the molecule is C=CC[C]1OCCOC1CCC. The third kappa shape index (κ3) is 2.61. The van der Waals surface area contributed by atoms with E-state index in [4.69, 9.17) is 9.47 Å². The van der Waals surface area contributed by atoms with Gasteiger partial charge in [0.2, 0.25) is 0 Å². The molecule has 1 aliphatic heterocycles. The van der Waals surface area contributed by atoms with Crippen LogP contribution in [0, 0.1) is 6.10 Å². The molecule has 69 valence electrons. The number of rotatable bonds is 4. The van der Waals surface area contributed by atoms with E-state index in [1.54, 1.807) is 0 Å². The topological polar surface area (TPSA) is 18.5 Å². The number of hydrogen-bond acceptors (Lipinski definition) is 2. The lowest BCUT2D eigenvalue weighted by molar-refractivity contribution is -0.0856. The molecule has 0 saturated carbocycles. The smallest absolute Gasteiger partial charge is 0.129 e. The Kier molecular flexibility index (Phi) is 4.33. The van der Waals surface area contributed by atoms with Crippen molar-refractivity contribution in [2.75, 3.05) is 13.2 Å². The summed E-state index contributed by atoms with van der Waals surface area (Å²) in [5, 5.41) is 0. The van der Waals surface area contributed by atoms with Crippen LogP contribution in [-0.4, -0.2) is 19.3 Å². The van der Waals surface area contributed by atoms with Crippen molar-refractivity contribution in [3.8, 4) is 0 Å². The maximum Gasteiger partial charge on any atom is 0.129 e. The van der Waals surface area contributed by atoms with Gasteiger partial charge in [0.15, 0.2) is 0 Å². The summed E-state index contributed by atoms with van der Waals surface area (Å²) >= 11 is 0. The monoisotopic (exact) mass is 169 g/mol. The summed E-state index contributed by atoms with van der Waals surface area (Å²) in [6.45, 7) is 7.27. The maximum absolute atomic E-state index is 5.57. The highest BCUT2D eigenvalue weighted by Gasteiger charge is 2.25. The fourth-order valence-corrected chi connectivity index (χ4v) is 1.39. The molecule has 1 heterocycles. The van der Waals surface area contributed by atoms with E-state index in [1.165, 1.54) is 0 Å². The highest BCUT2D eigenvalue weighted by Crippen LogP contribution is 2.24. The molecule has 0 aromatic carbocycles. The van der Waals surface area contributed by atoms with Crippen molar-refractivity contribution >= 4 is 0 Å². The second kappa shape index (κ2) is 5.33. The summed E-state index contributed by atoms with van der Waals surface area (Å²) in [5.74, 6) is 0. The fraction of sp³-hybridized carbons (Fsp3) is 0.700. The fourth-order valence-electron chi connectivity index (χ4n) is 1.39. The van der Waals surface area contributed by atoms with Gasteiger partial charge in [0, 0.05) is 0 Å². The van der Waals surface area contributed by atoms with Gasteiger partial charge < -0.3 is 9.47 Å². The minimum absolute atomic E-state index is 0.210. The Morgan fingerprint density at radius 3 is 3.08 bits per heavy atom. The third-order valence-electron chi connectivity index (χ3n) is 1.95. The minimum Gasteiger partial charge on any atom is -0.373 e. The van der Waals surface area contributed by atoms with E-state index in [0.717, 1.165) is 32.0 Å². The van der Waals surface area contributed by atoms with E-state index in [2.05, 4.69) is 13.5 Å². The van der Waals surface area contributed by atoms with E-state index < -0.39 is 0 Å². The molecule has 1 saturated heterocycles. The molecule has 0 bridgehead atoms. The van der Waals surface area contributed by atoms with E-state index in [1.807, 2.05) is 6.08 Å². The standard InChI is InChI=1S/C10H17O2/c1-3-5-9-10(6-4-2)12-8-7-11-9/h3,10H,1,4-8H2,2H3. The molecule has 0 spiro atoms. The molecule has 12 heavy (non-hydrogen) atoms. The van der Waals surface area contributed by atoms with Crippen LogP contribution in [0.15, 0.2) is 12.7 Å². The Hall–Kier alpha value is -0.340. The van der Waals surface area contributed by atoms with Crippen LogP contribution >= 0.6 is 0 Å². The molecular weight excluding hydrogens is 152 g/mol. The Bertz CT molecular complexity index is 132. The molecule has 0 aromatic rings. The summed E-state index contributed by atoms with van der Waals surface area (Å²) in [6, 6.07) is 0. The Labute approximate surface area is 74.6 Å². The van der Waals surface area contributed by atoms with Gasteiger partial charge in [-0.2, -0.15) is 0 Å². The number of hydrogen-bond donors (Lipinski definition) is 0. The first-order valence-electron chi connectivity index (χ1n) is 4.59. The summed E-state index contributed by atoms with van der Waals surface area (Å²) in [5.41, 5.74) is 0. The summed E-state index contributed by atoms with van der Waals surface area (Å²) in [6.07, 6.45) is 6.15. The second-order valence-corrected chi connectivity index (χ2v) is 2.96. The molecule has 1 rings (SSSR count). The van der Waals surface area contributed by atoms with E-state index in [-0.39, 0.29) is 6.10 Å². The maximum atomic E-state index is 5.57. The van der Waals surface area contributed by atoms with Gasteiger partial charge in [-0.15, -0.1) is 6.58 Å². The molecule has 1 unspecified atom stereocenters. The molecule has 0 aromatic heterocycles. The molecule has 1 aliphatic rings. The zero-order valence-electron chi connectivity index (χ0n) is 7.71. The van der Waals surface area contributed by atoms with Crippen LogP contribution in [0.4, 0.5) is 0 Å². The lowest BCUT2D eigenvalue weighted by Crippen LogP contribution is -2.31. The number of ether oxygens (including phenoxy) is 2. The van der Waals surface area contributed by atoms with Crippen molar-refractivity contribution in [3.63, 3.8) is 0 Å². The molecule has 0 N–H and O–H groups in total. The lowest BCUT2D eigenvalue weighted by atomic mass is 10.1. The first-order valence-corrected chi connectivity index (χ1v) is 4.59. The second-order valence-electron chi connectivity index (χ2n) is 2.96. The summed E-state index contributed by atoms with van der Waals surface area (Å²) < 4.78 is 11.1. The lowest BCUT2D eigenvalue weighted by Gasteiger charge is -2.30. The Morgan fingerprint density at radius 1 is 1.58 bits per heavy atom. The predicted octanol–water partition coefficient (Wildman–Crippen LogP) is 2.31. The van der Waals surface area contributed by atoms with Gasteiger partial charge in [0.1, 0.15) is 6.10 Å². The summed E-state index contributed by atoms with van der Waals surface area (Å²) in [4.78, 5) is 0. The van der Waals surface area contributed by atoms with Crippen molar-refractivity contribution in [2.45, 2.75) is 32.3 Å². The van der Waals surface area contributed by atoms with E-state index in [0.29, 0.717) is 6.61 Å². The van der Waals surface area contributed by atoms with Gasteiger partial charge in [-0.1, -0.05) is 19.4 Å². The summed E-state index contributed by atoms with van der Waals surface area (Å²) in [7, 11) is 0. The van der Waals surface area contributed by atoms with Gasteiger partial charge in [0.25, 0.3) is 0 Å². The van der Waals surface area contributed by atoms with Crippen molar-refractivity contribution < 1.29 is 9.47 Å². The van der Waals surface area contributed by atoms with E-state index >= 15 is 0 Å². The van der Waals surface area contributed by atoms with E-state index in [9.17, 15) is 0 Å². The van der Waals surface area contributed by atoms with Crippen LogP contribution in [0.2, 0.25) is 0 Å². The minimum atomic E-state index is 0.210. The molecular formula is C10H17O2. The molecule has 0 aliphatic carbocycles. The molecule has 1 radical (unpaired) electrons. The van der Waals surface area contributed by atoms with Gasteiger partial charge in [-0.3, -0.25) is 0 Å². The zero-order chi connectivity index (χ0) is 8.81. The van der Waals surface area contributed by atoms with Gasteiger partial charge in [0.05, 0.1) is 19.3 Å². The van der Waals surface area contributed by atoms with Crippen LogP contribution < -0.4 is 0 Å². The van der Waals surface area contributed by atoms with Crippen LogP contribution in [0.5, 0.6) is 0 Å². The van der Waals surface area contributed by atoms with Gasteiger partial charge >= 0.3 is 0 Å². The predicted molar refractivity (Wildman–Crippen MR) is 48.7 cm³/mol. The normalized spacial score (nSPS) is 25.6. The quantitative estimate of drug-likeness (QED) is 0.601. The largest absolute Gasteiger partial charge is 0.373 e. The van der Waals surface area contributed by atoms with Crippen molar-refractivity contribution in [1.82, 2.24) is 0 Å². The molecule has 2 heteroatoms. The van der Waals surface area contributed by atoms with Gasteiger partial charge in [-0.25, -0.2) is 0 Å². The van der Waals surface area contributed by atoms with Crippen molar-refractivity contribution in [1.29, 1.82) is 0 Å². The molecule has 2 nitrogen and oxygen atoms in total. The highest BCUT2D eigenvalue weighted by atomic mass is 16.6. The highest BCUT2D eigenvalue weighted by molar-refractivity contribution is 4.96. The average Bonchev–Trinajstić information content (AvgIpc) is 2.09. The van der Waals surface area contributed by atoms with Gasteiger partial charge in [-0.05, 0) is 12.8 Å². The van der Waals surface area contributed by atoms with Crippen molar-refractivity contribution in [3.05, 3.63) is 18.8 Å². The van der Waals surface area contributed by atoms with Crippen LogP contribution in [0.25, 0.3) is 0 Å². The third-order valence-corrected chi connectivity index (χ3v) is 1.95. The average molecular weight is 169 g/mol. The first kappa shape index (κ1) is 9.75. The van der Waals surface area contributed by atoms with Crippen LogP contribution in [0.1, 0.15) is 26.2 Å². The van der Waals surface area contributed by atoms with Crippen LogP contribution in [0.3, 0.4) is 0 Å². The van der Waals surface area contributed by atoms with Crippen molar-refractivity contribution in [2.24, 2.45) is 0 Å². The zero-order valence-corrected chi connectivity index (χ0v) is 7.71. The Morgan fingerprint density at radius 2 is 2.42 bits per heavy atom. The Balaban J connectivity index is 2.36. The first-order chi connectivity index (χ1) is 5.88. The molecule has 0 amide bonds. The molecule has 1 fully saturated rings. The molecule has 1 atom stereocenters.